The number of carbonyl (C=O) groups excluding carboxylic acids is 1. The summed E-state index contributed by atoms with van der Waals surface area (Å²) in [6.07, 6.45) is 10.3. The molecule has 2 N–H and O–H groups in total. The molecule has 3 fully saturated rings. The van der Waals surface area contributed by atoms with Crippen molar-refractivity contribution in [1.29, 1.82) is 0 Å². The molecule has 2 heterocycles. The van der Waals surface area contributed by atoms with E-state index in [1.807, 2.05) is 0 Å². The fraction of sp³-hybridized carbons (Fsp3) is 0.944. The summed E-state index contributed by atoms with van der Waals surface area (Å²) in [5.74, 6) is 0.207. The maximum absolute atomic E-state index is 12.8. The zero-order chi connectivity index (χ0) is 16.9. The fourth-order valence-electron chi connectivity index (χ4n) is 4.86. The van der Waals surface area contributed by atoms with Crippen molar-refractivity contribution in [3.05, 3.63) is 5.21 Å². The van der Waals surface area contributed by atoms with Gasteiger partial charge in [-0.3, -0.25) is 14.9 Å². The number of hydrogen-bond donors (Lipinski definition) is 2. The highest BCUT2D eigenvalue weighted by molar-refractivity contribution is 5.83. The number of hydrogen-bond acceptors (Lipinski definition) is 6. The van der Waals surface area contributed by atoms with Gasteiger partial charge in [0.25, 0.3) is 0 Å². The Morgan fingerprint density at radius 3 is 2.71 bits per heavy atom. The molecule has 138 valence electrons. The number of piperidine rings is 2. The molecule has 0 aromatic heterocycles. The lowest BCUT2D eigenvalue weighted by Crippen LogP contribution is -2.55. The van der Waals surface area contributed by atoms with Crippen LogP contribution < -0.4 is 5.32 Å². The summed E-state index contributed by atoms with van der Waals surface area (Å²) in [5, 5.41) is 24.0. The highest BCUT2D eigenvalue weighted by Crippen LogP contribution is 2.29. The Morgan fingerprint density at radius 2 is 1.96 bits per heavy atom. The van der Waals surface area contributed by atoms with Crippen molar-refractivity contribution in [3.63, 3.8) is 0 Å². The van der Waals surface area contributed by atoms with E-state index in [-0.39, 0.29) is 16.9 Å². The molecule has 0 aromatic rings. The van der Waals surface area contributed by atoms with Gasteiger partial charge in [-0.1, -0.05) is 19.3 Å². The molecule has 0 amide bonds. The van der Waals surface area contributed by atoms with Crippen LogP contribution in [-0.4, -0.2) is 58.9 Å². The molecular formula is C18H32N3O3-. The average Bonchev–Trinajstić information content (AvgIpc) is 2.63. The van der Waals surface area contributed by atoms with Gasteiger partial charge in [0.2, 0.25) is 0 Å². The van der Waals surface area contributed by atoms with Gasteiger partial charge in [-0.2, -0.15) is 0 Å². The summed E-state index contributed by atoms with van der Waals surface area (Å²) in [7, 11) is 0. The number of nitrogens with zero attached hydrogens (tertiary/aromatic N) is 2. The number of likely N-dealkylation sites (tertiary alicyclic amines) is 1. The second kappa shape index (κ2) is 8.72. The second-order valence-electron chi connectivity index (χ2n) is 7.88. The third-order valence-electron chi connectivity index (χ3n) is 6.25. The lowest BCUT2D eigenvalue weighted by atomic mass is 9.82. The van der Waals surface area contributed by atoms with Crippen molar-refractivity contribution < 1.29 is 10.0 Å². The molecule has 1 aliphatic carbocycles. The first-order chi connectivity index (χ1) is 11.6. The molecular weight excluding hydrogens is 306 g/mol. The number of rotatable bonds is 5. The Hall–Kier alpha value is -0.530. The quantitative estimate of drug-likeness (QED) is 0.749. The third kappa shape index (κ3) is 4.55. The highest BCUT2D eigenvalue weighted by Gasteiger charge is 2.34. The molecule has 0 spiro atoms. The van der Waals surface area contributed by atoms with E-state index in [1.165, 1.54) is 38.5 Å². The first-order valence-electron chi connectivity index (χ1n) is 9.80. The van der Waals surface area contributed by atoms with E-state index in [0.29, 0.717) is 31.5 Å². The van der Waals surface area contributed by atoms with Crippen LogP contribution in [0.1, 0.15) is 64.2 Å². The van der Waals surface area contributed by atoms with Crippen molar-refractivity contribution in [3.8, 4) is 0 Å². The van der Waals surface area contributed by atoms with Gasteiger partial charge in [-0.15, -0.1) is 0 Å². The number of Topliss-reactive ketones (excluding diaryl/α,β-unsaturated/α-hetero) is 1. The molecule has 24 heavy (non-hydrogen) atoms. The predicted molar refractivity (Wildman–Crippen MR) is 92.6 cm³/mol. The van der Waals surface area contributed by atoms with Gasteiger partial charge >= 0.3 is 0 Å². The summed E-state index contributed by atoms with van der Waals surface area (Å²) >= 11 is 0. The van der Waals surface area contributed by atoms with Crippen molar-refractivity contribution in [2.24, 2.45) is 5.92 Å². The van der Waals surface area contributed by atoms with Crippen LogP contribution in [0.4, 0.5) is 0 Å². The van der Waals surface area contributed by atoms with Crippen molar-refractivity contribution in [2.45, 2.75) is 82.3 Å². The zero-order valence-corrected chi connectivity index (χ0v) is 14.7. The molecule has 1 saturated carbocycles. The smallest absolute Gasteiger partial charge is 0.149 e. The molecule has 6 heteroatoms. The van der Waals surface area contributed by atoms with E-state index in [4.69, 9.17) is 5.21 Å². The first kappa shape index (κ1) is 18.3. The number of hydroxylamine groups is 2. The first-order valence-corrected chi connectivity index (χ1v) is 9.80. The molecule has 0 radical (unpaired) electrons. The van der Waals surface area contributed by atoms with Crippen LogP contribution in [0.2, 0.25) is 0 Å². The molecule has 2 saturated heterocycles. The van der Waals surface area contributed by atoms with Crippen molar-refractivity contribution in [2.75, 3.05) is 19.6 Å². The van der Waals surface area contributed by atoms with E-state index < -0.39 is 6.04 Å². The van der Waals surface area contributed by atoms with Crippen molar-refractivity contribution in [1.82, 2.24) is 15.4 Å². The summed E-state index contributed by atoms with van der Waals surface area (Å²) in [5.41, 5.74) is 0. The Balaban J connectivity index is 1.56. The lowest BCUT2D eigenvalue weighted by Gasteiger charge is -2.43. The maximum Gasteiger partial charge on any atom is 0.149 e. The molecule has 6 nitrogen and oxygen atoms in total. The van der Waals surface area contributed by atoms with Crippen LogP contribution in [0.5, 0.6) is 0 Å². The van der Waals surface area contributed by atoms with Gasteiger partial charge in [0.05, 0.1) is 6.54 Å². The summed E-state index contributed by atoms with van der Waals surface area (Å²) in [4.78, 5) is 15.2. The van der Waals surface area contributed by atoms with Gasteiger partial charge < -0.3 is 15.7 Å². The molecule has 3 aliphatic rings. The molecule has 2 aliphatic heterocycles. The minimum absolute atomic E-state index is 0.0609. The van der Waals surface area contributed by atoms with E-state index in [0.717, 1.165) is 25.9 Å². The van der Waals surface area contributed by atoms with Crippen LogP contribution in [0.25, 0.3) is 0 Å². The summed E-state index contributed by atoms with van der Waals surface area (Å²) < 4.78 is 0. The standard InChI is InChI=1S/C18H32N3O3/c22-18(14-6-5-7-15(12-14)21(23)24)13-20-11-4-2-9-17(20)16-8-1-3-10-19-16/h14-17,19,23H,1-13H2/q-1. The predicted octanol–water partition coefficient (Wildman–Crippen LogP) is 2.30. The minimum atomic E-state index is -0.398. The van der Waals surface area contributed by atoms with Crippen LogP contribution in [0.3, 0.4) is 0 Å². The van der Waals surface area contributed by atoms with Crippen LogP contribution in [-0.2, 0) is 4.79 Å². The van der Waals surface area contributed by atoms with Gasteiger partial charge in [-0.05, 0) is 58.0 Å². The highest BCUT2D eigenvalue weighted by atomic mass is 16.8. The lowest BCUT2D eigenvalue weighted by molar-refractivity contribution is -0.131. The summed E-state index contributed by atoms with van der Waals surface area (Å²) in [6, 6.07) is 0.613. The normalized spacial score (nSPS) is 36.0. The van der Waals surface area contributed by atoms with E-state index in [9.17, 15) is 10.0 Å². The topological polar surface area (TPSA) is 78.9 Å². The van der Waals surface area contributed by atoms with Gasteiger partial charge in [0, 0.05) is 24.0 Å². The van der Waals surface area contributed by atoms with Gasteiger partial charge in [0.1, 0.15) is 5.78 Å². The monoisotopic (exact) mass is 338 g/mol. The molecule has 4 unspecified atom stereocenters. The summed E-state index contributed by atoms with van der Waals surface area (Å²) in [6.45, 7) is 2.63. The Bertz CT molecular complexity index is 412. The van der Waals surface area contributed by atoms with Crippen LogP contribution >= 0.6 is 0 Å². The van der Waals surface area contributed by atoms with Crippen LogP contribution in [0, 0.1) is 11.1 Å². The maximum atomic E-state index is 12.8. The molecule has 3 rings (SSSR count). The van der Waals surface area contributed by atoms with E-state index in [1.54, 1.807) is 0 Å². The number of nitrogens with one attached hydrogen (secondary N) is 1. The van der Waals surface area contributed by atoms with E-state index >= 15 is 0 Å². The molecule has 4 atom stereocenters. The van der Waals surface area contributed by atoms with Crippen LogP contribution in [0.15, 0.2) is 0 Å². The Labute approximate surface area is 145 Å². The Morgan fingerprint density at radius 1 is 1.12 bits per heavy atom. The van der Waals surface area contributed by atoms with E-state index in [2.05, 4.69) is 10.2 Å². The number of carbonyl (C=O) groups is 1. The van der Waals surface area contributed by atoms with Gasteiger partial charge in [-0.25, -0.2) is 0 Å². The van der Waals surface area contributed by atoms with Gasteiger partial charge in [0.15, 0.2) is 0 Å². The SMILES string of the molecule is O=C(CN1CCCCC1C1CCCCN1)C1CCCC(N([O-])O)C1. The molecule has 0 aromatic carbocycles. The molecule has 0 bridgehead atoms. The minimum Gasteiger partial charge on any atom is -0.762 e. The third-order valence-corrected chi connectivity index (χ3v) is 6.25. The zero-order valence-electron chi connectivity index (χ0n) is 14.7. The Kier molecular flexibility index (Phi) is 6.63. The second-order valence-corrected chi connectivity index (χ2v) is 7.88. The van der Waals surface area contributed by atoms with Crippen molar-refractivity contribution >= 4 is 5.78 Å². The fourth-order valence-corrected chi connectivity index (χ4v) is 4.86. The largest absolute Gasteiger partial charge is 0.762 e. The average molecular weight is 338 g/mol. The number of ketones is 1.